The first-order valence-electron chi connectivity index (χ1n) is 7.44. The second-order valence-corrected chi connectivity index (χ2v) is 5.17. The molecule has 1 aromatic rings. The Bertz CT molecular complexity index is 471. The Morgan fingerprint density at radius 1 is 1.24 bits per heavy atom. The normalized spacial score (nSPS) is 14.3. The van der Waals surface area contributed by atoms with E-state index in [4.69, 9.17) is 9.47 Å². The lowest BCUT2D eigenvalue weighted by Crippen LogP contribution is -2.30. The van der Waals surface area contributed by atoms with Crippen molar-refractivity contribution >= 4 is 5.91 Å². The van der Waals surface area contributed by atoms with Gasteiger partial charge in [0.15, 0.2) is 11.5 Å². The van der Waals surface area contributed by atoms with Gasteiger partial charge in [0.05, 0.1) is 14.2 Å². The molecule has 1 saturated heterocycles. The molecule has 0 unspecified atom stereocenters. The third-order valence-corrected chi connectivity index (χ3v) is 3.77. The van der Waals surface area contributed by atoms with Crippen molar-refractivity contribution in [3.63, 3.8) is 0 Å². The molecule has 0 aliphatic carbocycles. The highest BCUT2D eigenvalue weighted by molar-refractivity contribution is 5.76. The quantitative estimate of drug-likeness (QED) is 0.779. The van der Waals surface area contributed by atoms with Crippen molar-refractivity contribution in [2.24, 2.45) is 0 Å². The summed E-state index contributed by atoms with van der Waals surface area (Å²) in [6.07, 6.45) is 2.83. The maximum Gasteiger partial charge on any atom is 0.223 e. The van der Waals surface area contributed by atoms with Crippen LogP contribution >= 0.6 is 0 Å². The van der Waals surface area contributed by atoms with Crippen LogP contribution < -0.4 is 14.8 Å². The molecular weight excluding hydrogens is 268 g/mol. The Hall–Kier alpha value is -1.75. The van der Waals surface area contributed by atoms with Crippen molar-refractivity contribution in [3.05, 3.63) is 23.8 Å². The molecule has 0 aromatic heterocycles. The van der Waals surface area contributed by atoms with Gasteiger partial charge in [0.25, 0.3) is 0 Å². The van der Waals surface area contributed by atoms with E-state index in [9.17, 15) is 4.79 Å². The maximum atomic E-state index is 11.9. The largest absolute Gasteiger partial charge is 0.493 e. The van der Waals surface area contributed by atoms with E-state index >= 15 is 0 Å². The average Bonchev–Trinajstić information content (AvgIpc) is 3.05. The van der Waals surface area contributed by atoms with Gasteiger partial charge in [0.2, 0.25) is 5.91 Å². The number of carbonyl (C=O) groups is 1. The smallest absolute Gasteiger partial charge is 0.223 e. The van der Waals surface area contributed by atoms with Crippen LogP contribution in [0.3, 0.4) is 0 Å². The standard InChI is InChI=1S/C16H24N2O3/c1-20-14-7-5-6-13(16(14)21-2)12-17-9-8-15(19)18-10-3-4-11-18/h5-7,17H,3-4,8-12H2,1-2H3. The van der Waals surface area contributed by atoms with Crippen molar-refractivity contribution < 1.29 is 14.3 Å². The Labute approximate surface area is 126 Å². The lowest BCUT2D eigenvalue weighted by molar-refractivity contribution is -0.130. The van der Waals surface area contributed by atoms with Crippen LogP contribution in [0.15, 0.2) is 18.2 Å². The molecule has 21 heavy (non-hydrogen) atoms. The van der Waals surface area contributed by atoms with Crippen molar-refractivity contribution in [1.82, 2.24) is 10.2 Å². The van der Waals surface area contributed by atoms with Crippen LogP contribution in [0.4, 0.5) is 0 Å². The lowest BCUT2D eigenvalue weighted by atomic mass is 10.2. The second-order valence-electron chi connectivity index (χ2n) is 5.17. The van der Waals surface area contributed by atoms with Crippen LogP contribution in [-0.2, 0) is 11.3 Å². The van der Waals surface area contributed by atoms with E-state index in [1.54, 1.807) is 14.2 Å². The zero-order valence-electron chi connectivity index (χ0n) is 12.9. The Morgan fingerprint density at radius 2 is 2.00 bits per heavy atom. The molecule has 1 amide bonds. The van der Waals surface area contributed by atoms with Gasteiger partial charge in [-0.25, -0.2) is 0 Å². The molecule has 116 valence electrons. The number of methoxy groups -OCH3 is 2. The molecule has 0 atom stereocenters. The monoisotopic (exact) mass is 292 g/mol. The molecular formula is C16H24N2O3. The van der Waals surface area contributed by atoms with Gasteiger partial charge >= 0.3 is 0 Å². The van der Waals surface area contributed by atoms with Gasteiger partial charge in [-0.05, 0) is 18.9 Å². The van der Waals surface area contributed by atoms with Gasteiger partial charge in [-0.15, -0.1) is 0 Å². The van der Waals surface area contributed by atoms with Gasteiger partial charge in [0.1, 0.15) is 0 Å². The number of rotatable bonds is 7. The van der Waals surface area contributed by atoms with Crippen molar-refractivity contribution in [2.75, 3.05) is 33.9 Å². The first kappa shape index (κ1) is 15.6. The minimum Gasteiger partial charge on any atom is -0.493 e. The van der Waals surface area contributed by atoms with Crippen molar-refractivity contribution in [2.45, 2.75) is 25.8 Å². The SMILES string of the molecule is COc1cccc(CNCCC(=O)N2CCCC2)c1OC. The van der Waals surface area contributed by atoms with E-state index < -0.39 is 0 Å². The minimum absolute atomic E-state index is 0.248. The number of para-hydroxylation sites is 1. The fraction of sp³-hybridized carbons (Fsp3) is 0.562. The van der Waals surface area contributed by atoms with Gasteiger partial charge in [-0.1, -0.05) is 12.1 Å². The fourth-order valence-electron chi connectivity index (χ4n) is 2.64. The number of hydrogen-bond acceptors (Lipinski definition) is 4. The first-order chi connectivity index (χ1) is 10.3. The van der Waals surface area contributed by atoms with E-state index in [0.29, 0.717) is 19.5 Å². The molecule has 1 aromatic carbocycles. The molecule has 2 rings (SSSR count). The number of ether oxygens (including phenoxy) is 2. The molecule has 0 bridgehead atoms. The molecule has 1 aliphatic heterocycles. The van der Waals surface area contributed by atoms with Crippen LogP contribution in [-0.4, -0.2) is 44.7 Å². The predicted molar refractivity (Wildman–Crippen MR) is 81.7 cm³/mol. The molecule has 1 aliphatic rings. The number of hydrogen-bond donors (Lipinski definition) is 1. The summed E-state index contributed by atoms with van der Waals surface area (Å²) in [6, 6.07) is 5.81. The fourth-order valence-corrected chi connectivity index (χ4v) is 2.64. The molecule has 5 heteroatoms. The minimum atomic E-state index is 0.248. The highest BCUT2D eigenvalue weighted by Crippen LogP contribution is 2.30. The lowest BCUT2D eigenvalue weighted by Gasteiger charge is -2.16. The Kier molecular flexibility index (Phi) is 5.87. The topological polar surface area (TPSA) is 50.8 Å². The summed E-state index contributed by atoms with van der Waals surface area (Å²) in [5, 5.41) is 3.30. The summed E-state index contributed by atoms with van der Waals surface area (Å²) in [7, 11) is 3.27. The van der Waals surface area contributed by atoms with Crippen LogP contribution in [0, 0.1) is 0 Å². The number of amides is 1. The summed E-state index contributed by atoms with van der Waals surface area (Å²) in [6.45, 7) is 3.18. The summed E-state index contributed by atoms with van der Waals surface area (Å²) in [5.41, 5.74) is 1.03. The summed E-state index contributed by atoms with van der Waals surface area (Å²) in [5.74, 6) is 1.72. The van der Waals surface area contributed by atoms with E-state index in [0.717, 1.165) is 43.0 Å². The molecule has 0 spiro atoms. The van der Waals surface area contributed by atoms with Gasteiger partial charge < -0.3 is 19.7 Å². The number of carbonyl (C=O) groups excluding carboxylic acids is 1. The predicted octanol–water partition coefficient (Wildman–Crippen LogP) is 1.81. The summed E-state index contributed by atoms with van der Waals surface area (Å²) >= 11 is 0. The van der Waals surface area contributed by atoms with Gasteiger partial charge in [-0.3, -0.25) is 4.79 Å². The molecule has 5 nitrogen and oxygen atoms in total. The average molecular weight is 292 g/mol. The zero-order valence-corrected chi connectivity index (χ0v) is 12.9. The maximum absolute atomic E-state index is 11.9. The van der Waals surface area contributed by atoms with E-state index in [1.807, 2.05) is 23.1 Å². The van der Waals surface area contributed by atoms with Crippen LogP contribution in [0.1, 0.15) is 24.8 Å². The molecule has 0 radical (unpaired) electrons. The number of likely N-dealkylation sites (tertiary alicyclic amines) is 1. The van der Waals surface area contributed by atoms with Gasteiger partial charge in [0, 0.05) is 38.2 Å². The zero-order chi connectivity index (χ0) is 15.1. The van der Waals surface area contributed by atoms with E-state index in [2.05, 4.69) is 5.32 Å². The van der Waals surface area contributed by atoms with Gasteiger partial charge in [-0.2, -0.15) is 0 Å². The number of nitrogens with one attached hydrogen (secondary N) is 1. The first-order valence-corrected chi connectivity index (χ1v) is 7.44. The van der Waals surface area contributed by atoms with Crippen LogP contribution in [0.25, 0.3) is 0 Å². The Morgan fingerprint density at radius 3 is 2.67 bits per heavy atom. The van der Waals surface area contributed by atoms with Crippen LogP contribution in [0.5, 0.6) is 11.5 Å². The van der Waals surface area contributed by atoms with Crippen LogP contribution in [0.2, 0.25) is 0 Å². The van der Waals surface area contributed by atoms with E-state index in [-0.39, 0.29) is 5.91 Å². The van der Waals surface area contributed by atoms with E-state index in [1.165, 1.54) is 0 Å². The summed E-state index contributed by atoms with van der Waals surface area (Å²) < 4.78 is 10.7. The molecule has 1 heterocycles. The van der Waals surface area contributed by atoms with Crippen molar-refractivity contribution in [3.8, 4) is 11.5 Å². The second kappa shape index (κ2) is 7.88. The highest BCUT2D eigenvalue weighted by Gasteiger charge is 2.17. The molecule has 0 saturated carbocycles. The molecule has 1 fully saturated rings. The summed E-state index contributed by atoms with van der Waals surface area (Å²) in [4.78, 5) is 13.9. The highest BCUT2D eigenvalue weighted by atomic mass is 16.5. The third-order valence-electron chi connectivity index (χ3n) is 3.77. The van der Waals surface area contributed by atoms with Crippen molar-refractivity contribution in [1.29, 1.82) is 0 Å². The number of benzene rings is 1. The number of nitrogens with zero attached hydrogens (tertiary/aromatic N) is 1. The Balaban J connectivity index is 1.79. The third kappa shape index (κ3) is 4.11. The molecule has 1 N–H and O–H groups in total.